The molecule has 2 fully saturated rings. The molecule has 3 heteroatoms. The third kappa shape index (κ3) is 1.96. The van der Waals surface area contributed by atoms with Gasteiger partial charge in [-0.05, 0) is 32.8 Å². The van der Waals surface area contributed by atoms with Crippen LogP contribution < -0.4 is 0 Å². The highest BCUT2D eigenvalue weighted by molar-refractivity contribution is 5.83. The van der Waals surface area contributed by atoms with E-state index >= 15 is 0 Å². The highest BCUT2D eigenvalue weighted by atomic mass is 16.5. The van der Waals surface area contributed by atoms with Crippen LogP contribution in [0.2, 0.25) is 0 Å². The summed E-state index contributed by atoms with van der Waals surface area (Å²) in [4.78, 5) is 14.6. The highest BCUT2D eigenvalue weighted by Gasteiger charge is 2.58. The molecule has 3 rings (SSSR count). The first kappa shape index (κ1) is 12.7. The molecule has 2 heterocycles. The maximum atomic E-state index is 12.7. The molecule has 0 N–H and O–H groups in total. The zero-order valence-electron chi connectivity index (χ0n) is 11.8. The fourth-order valence-corrected chi connectivity index (χ4v) is 3.57. The number of carbonyl (C=O) groups is 1. The summed E-state index contributed by atoms with van der Waals surface area (Å²) in [5.74, 6) is 0.292. The smallest absolute Gasteiger partial charge is 0.228 e. The topological polar surface area (TPSA) is 29.5 Å². The van der Waals surface area contributed by atoms with Gasteiger partial charge >= 0.3 is 0 Å². The van der Waals surface area contributed by atoms with Crippen LogP contribution in [0.1, 0.15) is 32.8 Å². The minimum absolute atomic E-state index is 0.0481. The van der Waals surface area contributed by atoms with E-state index in [1.54, 1.807) is 0 Å². The van der Waals surface area contributed by atoms with Gasteiger partial charge in [-0.2, -0.15) is 0 Å². The fraction of sp³-hybridized carbons (Fsp3) is 0.562. The molecule has 1 aromatic carbocycles. The normalized spacial score (nSPS) is 32.7. The first-order valence-electron chi connectivity index (χ1n) is 6.94. The number of benzene rings is 1. The van der Waals surface area contributed by atoms with Crippen LogP contribution in [-0.4, -0.2) is 28.7 Å². The number of nitrogens with zero attached hydrogens (tertiary/aromatic N) is 1. The van der Waals surface area contributed by atoms with Gasteiger partial charge in [0.2, 0.25) is 5.91 Å². The molecule has 2 saturated heterocycles. The number of ether oxygens (including phenoxy) is 1. The van der Waals surface area contributed by atoms with Crippen LogP contribution in [0.25, 0.3) is 0 Å². The van der Waals surface area contributed by atoms with Gasteiger partial charge in [0, 0.05) is 12.3 Å². The van der Waals surface area contributed by atoms with Gasteiger partial charge < -0.3 is 9.64 Å². The van der Waals surface area contributed by atoms with Crippen LogP contribution in [0.5, 0.6) is 0 Å². The van der Waals surface area contributed by atoms with Crippen molar-refractivity contribution in [3.05, 3.63) is 35.9 Å². The number of hydrogen-bond acceptors (Lipinski definition) is 2. The van der Waals surface area contributed by atoms with Gasteiger partial charge in [0.25, 0.3) is 0 Å². The molecule has 102 valence electrons. The SMILES string of the molecule is CC1(C)CO[C@]2(C)C[C@H](Cc3ccccc3)C(=O)N12. The molecular formula is C16H21NO2. The monoisotopic (exact) mass is 259 g/mol. The molecule has 1 amide bonds. The van der Waals surface area contributed by atoms with Gasteiger partial charge in [-0.1, -0.05) is 30.3 Å². The van der Waals surface area contributed by atoms with Gasteiger partial charge in [0.1, 0.15) is 5.72 Å². The fourth-order valence-electron chi connectivity index (χ4n) is 3.57. The predicted molar refractivity (Wildman–Crippen MR) is 73.5 cm³/mol. The Labute approximate surface area is 114 Å². The number of fused-ring (bicyclic) bond motifs is 1. The van der Waals surface area contributed by atoms with Crippen molar-refractivity contribution in [3.63, 3.8) is 0 Å². The van der Waals surface area contributed by atoms with E-state index in [1.165, 1.54) is 5.56 Å². The summed E-state index contributed by atoms with van der Waals surface area (Å²) < 4.78 is 5.92. The lowest BCUT2D eigenvalue weighted by Gasteiger charge is -2.34. The van der Waals surface area contributed by atoms with E-state index in [2.05, 4.69) is 26.0 Å². The summed E-state index contributed by atoms with van der Waals surface area (Å²) in [5, 5.41) is 0. The number of hydrogen-bond donors (Lipinski definition) is 0. The zero-order valence-corrected chi connectivity index (χ0v) is 11.8. The van der Waals surface area contributed by atoms with Gasteiger partial charge in [0.15, 0.2) is 0 Å². The highest BCUT2D eigenvalue weighted by Crippen LogP contribution is 2.46. The lowest BCUT2D eigenvalue weighted by molar-refractivity contribution is -0.140. The number of carbonyl (C=O) groups excluding carboxylic acids is 1. The van der Waals surface area contributed by atoms with Crippen molar-refractivity contribution in [2.45, 2.75) is 44.9 Å². The largest absolute Gasteiger partial charge is 0.353 e. The zero-order chi connectivity index (χ0) is 13.7. The van der Waals surface area contributed by atoms with E-state index in [1.807, 2.05) is 30.0 Å². The summed E-state index contributed by atoms with van der Waals surface area (Å²) in [6.07, 6.45) is 1.61. The van der Waals surface area contributed by atoms with Crippen molar-refractivity contribution in [3.8, 4) is 0 Å². The summed E-state index contributed by atoms with van der Waals surface area (Å²) in [6.45, 7) is 6.85. The van der Waals surface area contributed by atoms with Gasteiger partial charge in [0.05, 0.1) is 12.1 Å². The van der Waals surface area contributed by atoms with E-state index in [4.69, 9.17) is 4.74 Å². The molecule has 1 aromatic rings. The summed E-state index contributed by atoms with van der Waals surface area (Å²) >= 11 is 0. The second-order valence-electron chi connectivity index (χ2n) is 6.54. The van der Waals surface area contributed by atoms with Gasteiger partial charge in [-0.15, -0.1) is 0 Å². The Morgan fingerprint density at radius 3 is 2.58 bits per heavy atom. The molecule has 2 aliphatic heterocycles. The van der Waals surface area contributed by atoms with Gasteiger partial charge in [-0.3, -0.25) is 4.79 Å². The molecule has 0 unspecified atom stereocenters. The molecule has 3 nitrogen and oxygen atoms in total. The summed E-state index contributed by atoms with van der Waals surface area (Å²) in [6, 6.07) is 10.2. The molecule has 0 spiro atoms. The Morgan fingerprint density at radius 2 is 1.95 bits per heavy atom. The van der Waals surface area contributed by atoms with Crippen LogP contribution in [0.15, 0.2) is 30.3 Å². The molecule has 0 radical (unpaired) electrons. The number of amides is 1. The molecule has 0 saturated carbocycles. The van der Waals surface area contributed by atoms with E-state index in [0.29, 0.717) is 6.61 Å². The van der Waals surface area contributed by atoms with Crippen LogP contribution in [0.4, 0.5) is 0 Å². The Bertz CT molecular complexity index is 497. The van der Waals surface area contributed by atoms with E-state index in [0.717, 1.165) is 12.8 Å². The van der Waals surface area contributed by atoms with Crippen molar-refractivity contribution in [1.29, 1.82) is 0 Å². The van der Waals surface area contributed by atoms with Crippen molar-refractivity contribution in [1.82, 2.24) is 4.90 Å². The maximum Gasteiger partial charge on any atom is 0.228 e. The Hall–Kier alpha value is -1.35. The first-order valence-corrected chi connectivity index (χ1v) is 6.94. The van der Waals surface area contributed by atoms with Crippen molar-refractivity contribution < 1.29 is 9.53 Å². The second kappa shape index (κ2) is 4.07. The average molecular weight is 259 g/mol. The summed E-state index contributed by atoms with van der Waals surface area (Å²) in [7, 11) is 0. The Kier molecular flexibility index (Phi) is 2.72. The molecule has 0 aliphatic carbocycles. The van der Waals surface area contributed by atoms with Crippen LogP contribution in [-0.2, 0) is 16.0 Å². The standard InChI is InChI=1S/C16H21NO2/c1-15(2)11-19-16(3)10-13(14(18)17(15)16)9-12-7-5-4-6-8-12/h4-8,13H,9-11H2,1-3H3/t13-,16+/m0/s1. The molecule has 2 aliphatic rings. The predicted octanol–water partition coefficient (Wildman–Crippen LogP) is 2.60. The lowest BCUT2D eigenvalue weighted by Crippen LogP contribution is -2.49. The van der Waals surface area contributed by atoms with Crippen LogP contribution >= 0.6 is 0 Å². The van der Waals surface area contributed by atoms with Crippen LogP contribution in [0, 0.1) is 5.92 Å². The Morgan fingerprint density at radius 1 is 1.26 bits per heavy atom. The minimum Gasteiger partial charge on any atom is -0.353 e. The Balaban J connectivity index is 1.83. The molecule has 0 bridgehead atoms. The van der Waals surface area contributed by atoms with Crippen LogP contribution in [0.3, 0.4) is 0 Å². The van der Waals surface area contributed by atoms with E-state index in [9.17, 15) is 4.79 Å². The van der Waals surface area contributed by atoms with Gasteiger partial charge in [-0.25, -0.2) is 0 Å². The third-order valence-corrected chi connectivity index (χ3v) is 4.33. The van der Waals surface area contributed by atoms with E-state index < -0.39 is 5.72 Å². The number of rotatable bonds is 2. The lowest BCUT2D eigenvalue weighted by atomic mass is 9.95. The molecular weight excluding hydrogens is 238 g/mol. The average Bonchev–Trinajstić information content (AvgIpc) is 2.74. The third-order valence-electron chi connectivity index (χ3n) is 4.33. The molecule has 2 atom stereocenters. The van der Waals surface area contributed by atoms with Crippen molar-refractivity contribution in [2.75, 3.05) is 6.61 Å². The minimum atomic E-state index is -0.403. The van der Waals surface area contributed by atoms with Crippen molar-refractivity contribution >= 4 is 5.91 Å². The van der Waals surface area contributed by atoms with Crippen molar-refractivity contribution in [2.24, 2.45) is 5.92 Å². The second-order valence-corrected chi connectivity index (χ2v) is 6.54. The first-order chi connectivity index (χ1) is 8.92. The molecule has 19 heavy (non-hydrogen) atoms. The maximum absolute atomic E-state index is 12.7. The quantitative estimate of drug-likeness (QED) is 0.817. The summed E-state index contributed by atoms with van der Waals surface area (Å²) in [5.41, 5.74) is 0.639. The molecule has 0 aromatic heterocycles. The van der Waals surface area contributed by atoms with E-state index in [-0.39, 0.29) is 17.4 Å².